The van der Waals surface area contributed by atoms with Crippen LogP contribution in [0.3, 0.4) is 0 Å². The molecule has 9 heteroatoms. The SMILES string of the molecule is O=C1CSC(=NS(=O)(=O)c2ccc(Cl)s2)N1c1ccccc1. The maximum absolute atomic E-state index is 12.3. The van der Waals surface area contributed by atoms with Gasteiger partial charge in [0, 0.05) is 0 Å². The van der Waals surface area contributed by atoms with Gasteiger partial charge in [0.05, 0.1) is 15.8 Å². The molecule has 1 aliphatic heterocycles. The van der Waals surface area contributed by atoms with Crippen LogP contribution in [0.25, 0.3) is 0 Å². The number of nitrogens with zero attached hydrogens (tertiary/aromatic N) is 2. The minimum atomic E-state index is -3.88. The Morgan fingerprint density at radius 1 is 1.14 bits per heavy atom. The number of hydrogen-bond acceptors (Lipinski definition) is 5. The molecular weight excluding hydrogens is 364 g/mol. The molecule has 5 nitrogen and oxygen atoms in total. The van der Waals surface area contributed by atoms with Gasteiger partial charge < -0.3 is 0 Å². The van der Waals surface area contributed by atoms with E-state index in [0.29, 0.717) is 10.0 Å². The number of sulfonamides is 1. The number of benzene rings is 1. The van der Waals surface area contributed by atoms with Crippen LogP contribution in [-0.2, 0) is 14.8 Å². The first-order valence-electron chi connectivity index (χ1n) is 6.08. The lowest BCUT2D eigenvalue weighted by molar-refractivity contribution is -0.115. The number of carbonyl (C=O) groups excluding carboxylic acids is 1. The number of thioether (sulfide) groups is 1. The molecule has 114 valence electrons. The highest BCUT2D eigenvalue weighted by Crippen LogP contribution is 2.31. The highest BCUT2D eigenvalue weighted by molar-refractivity contribution is 8.16. The molecule has 1 aromatic carbocycles. The molecule has 1 fully saturated rings. The van der Waals surface area contributed by atoms with Gasteiger partial charge in [-0.05, 0) is 24.3 Å². The number of amidine groups is 1. The summed E-state index contributed by atoms with van der Waals surface area (Å²) in [5, 5.41) is 0.153. The minimum absolute atomic E-state index is 0.0537. The summed E-state index contributed by atoms with van der Waals surface area (Å²) in [5.41, 5.74) is 0.593. The molecule has 0 bridgehead atoms. The van der Waals surface area contributed by atoms with Crippen molar-refractivity contribution in [2.45, 2.75) is 4.21 Å². The summed E-state index contributed by atoms with van der Waals surface area (Å²) in [7, 11) is -3.88. The number of anilines is 1. The Hall–Kier alpha value is -1.35. The summed E-state index contributed by atoms with van der Waals surface area (Å²) in [6.07, 6.45) is 0. The summed E-state index contributed by atoms with van der Waals surface area (Å²) in [5.74, 6) is -0.0385. The molecule has 0 unspecified atom stereocenters. The summed E-state index contributed by atoms with van der Waals surface area (Å²) >= 11 is 7.80. The first kappa shape index (κ1) is 15.5. The van der Waals surface area contributed by atoms with Crippen LogP contribution in [0.15, 0.2) is 51.1 Å². The third-order valence-electron chi connectivity index (χ3n) is 2.78. The van der Waals surface area contributed by atoms with E-state index in [4.69, 9.17) is 11.6 Å². The number of halogens is 1. The van der Waals surface area contributed by atoms with Gasteiger partial charge in [-0.3, -0.25) is 9.69 Å². The Balaban J connectivity index is 2.01. The predicted octanol–water partition coefficient (Wildman–Crippen LogP) is 3.23. The molecule has 1 aliphatic rings. The van der Waals surface area contributed by atoms with Gasteiger partial charge in [-0.2, -0.15) is 8.42 Å². The largest absolute Gasteiger partial charge is 0.294 e. The fourth-order valence-electron chi connectivity index (χ4n) is 1.84. The number of thiophene rings is 1. The Morgan fingerprint density at radius 3 is 2.50 bits per heavy atom. The van der Waals surface area contributed by atoms with Gasteiger partial charge in [-0.25, -0.2) is 0 Å². The molecular formula is C13H9ClN2O3S3. The van der Waals surface area contributed by atoms with E-state index in [1.165, 1.54) is 17.0 Å². The van der Waals surface area contributed by atoms with E-state index in [1.54, 1.807) is 24.3 Å². The van der Waals surface area contributed by atoms with Gasteiger partial charge >= 0.3 is 0 Å². The zero-order valence-electron chi connectivity index (χ0n) is 11.0. The first-order valence-corrected chi connectivity index (χ1v) is 9.70. The van der Waals surface area contributed by atoms with Crippen molar-refractivity contribution >= 4 is 61.5 Å². The molecule has 2 aromatic rings. The lowest BCUT2D eigenvalue weighted by Crippen LogP contribution is -2.29. The fourth-order valence-corrected chi connectivity index (χ4v) is 5.40. The number of amides is 1. The standard InChI is InChI=1S/C13H9ClN2O3S3/c14-10-6-7-12(21-10)22(18,19)15-13-16(11(17)8-20-13)9-4-2-1-3-5-9/h1-7H,8H2. The van der Waals surface area contributed by atoms with E-state index in [2.05, 4.69) is 4.40 Å². The van der Waals surface area contributed by atoms with E-state index < -0.39 is 10.0 Å². The molecule has 0 saturated carbocycles. The van der Waals surface area contributed by atoms with Crippen molar-refractivity contribution in [1.29, 1.82) is 0 Å². The monoisotopic (exact) mass is 372 g/mol. The number of rotatable bonds is 3. The lowest BCUT2D eigenvalue weighted by atomic mass is 10.3. The third kappa shape index (κ3) is 3.05. The van der Waals surface area contributed by atoms with E-state index in [-0.39, 0.29) is 21.0 Å². The van der Waals surface area contributed by atoms with Gasteiger partial charge in [-0.15, -0.1) is 15.7 Å². The average molecular weight is 373 g/mol. The quantitative estimate of drug-likeness (QED) is 0.829. The van der Waals surface area contributed by atoms with Crippen molar-refractivity contribution in [3.63, 3.8) is 0 Å². The fraction of sp³-hybridized carbons (Fsp3) is 0.0769. The van der Waals surface area contributed by atoms with E-state index in [1.807, 2.05) is 6.07 Å². The number of carbonyl (C=O) groups is 1. The van der Waals surface area contributed by atoms with Crippen LogP contribution in [0.1, 0.15) is 0 Å². The second kappa shape index (κ2) is 6.04. The van der Waals surface area contributed by atoms with Gasteiger partial charge in [0.15, 0.2) is 5.17 Å². The second-order valence-corrected chi connectivity index (χ2v) is 8.75. The highest BCUT2D eigenvalue weighted by Gasteiger charge is 2.32. The average Bonchev–Trinajstić information content (AvgIpc) is 3.07. The van der Waals surface area contributed by atoms with E-state index in [0.717, 1.165) is 23.1 Å². The number of para-hydroxylation sites is 1. The van der Waals surface area contributed by atoms with Crippen molar-refractivity contribution in [3.05, 3.63) is 46.8 Å². The van der Waals surface area contributed by atoms with Crippen LogP contribution in [0.4, 0.5) is 5.69 Å². The smallest absolute Gasteiger partial charge is 0.273 e. The summed E-state index contributed by atoms with van der Waals surface area (Å²) in [6.45, 7) is 0. The zero-order valence-corrected chi connectivity index (χ0v) is 14.2. The topological polar surface area (TPSA) is 66.8 Å². The summed E-state index contributed by atoms with van der Waals surface area (Å²) in [6, 6.07) is 11.7. The molecule has 2 heterocycles. The molecule has 0 atom stereocenters. The maximum atomic E-state index is 12.3. The Bertz CT molecular complexity index is 846. The number of hydrogen-bond donors (Lipinski definition) is 0. The third-order valence-corrected chi connectivity index (χ3v) is 6.79. The Morgan fingerprint density at radius 2 is 1.86 bits per heavy atom. The van der Waals surface area contributed by atoms with Crippen molar-refractivity contribution in [1.82, 2.24) is 0 Å². The van der Waals surface area contributed by atoms with Crippen molar-refractivity contribution in [3.8, 4) is 0 Å². The van der Waals surface area contributed by atoms with Crippen LogP contribution in [0.5, 0.6) is 0 Å². The summed E-state index contributed by atoms with van der Waals surface area (Å²) in [4.78, 5) is 13.3. The van der Waals surface area contributed by atoms with Gasteiger partial charge in [0.25, 0.3) is 10.0 Å². The molecule has 22 heavy (non-hydrogen) atoms. The highest BCUT2D eigenvalue weighted by atomic mass is 35.5. The maximum Gasteiger partial charge on any atom is 0.294 e. The van der Waals surface area contributed by atoms with Gasteiger partial charge in [-0.1, -0.05) is 41.6 Å². The van der Waals surface area contributed by atoms with Crippen molar-refractivity contribution in [2.75, 3.05) is 10.7 Å². The Kier molecular flexibility index (Phi) is 4.26. The predicted molar refractivity (Wildman–Crippen MR) is 90.3 cm³/mol. The molecule has 1 amide bonds. The van der Waals surface area contributed by atoms with E-state index >= 15 is 0 Å². The minimum Gasteiger partial charge on any atom is -0.273 e. The lowest BCUT2D eigenvalue weighted by Gasteiger charge is -2.15. The summed E-state index contributed by atoms with van der Waals surface area (Å²) < 4.78 is 28.8. The molecule has 1 saturated heterocycles. The van der Waals surface area contributed by atoms with Crippen LogP contribution in [0, 0.1) is 0 Å². The molecule has 3 rings (SSSR count). The van der Waals surface area contributed by atoms with Crippen LogP contribution >= 0.6 is 34.7 Å². The van der Waals surface area contributed by atoms with Crippen LogP contribution < -0.4 is 4.90 Å². The molecule has 0 radical (unpaired) electrons. The van der Waals surface area contributed by atoms with Crippen LogP contribution in [0.2, 0.25) is 4.34 Å². The molecule has 0 spiro atoms. The Labute approximate surface area is 140 Å². The molecule has 1 aromatic heterocycles. The van der Waals surface area contributed by atoms with E-state index in [9.17, 15) is 13.2 Å². The van der Waals surface area contributed by atoms with Crippen LogP contribution in [-0.4, -0.2) is 25.2 Å². The zero-order chi connectivity index (χ0) is 15.7. The van der Waals surface area contributed by atoms with Gasteiger partial charge in [0.1, 0.15) is 4.21 Å². The molecule has 0 aliphatic carbocycles. The van der Waals surface area contributed by atoms with Crippen molar-refractivity contribution < 1.29 is 13.2 Å². The first-order chi connectivity index (χ1) is 10.5. The van der Waals surface area contributed by atoms with Crippen molar-refractivity contribution in [2.24, 2.45) is 4.40 Å². The second-order valence-electron chi connectivity index (χ2n) is 4.26. The molecule has 0 N–H and O–H groups in total. The normalized spacial score (nSPS) is 17.4. The van der Waals surface area contributed by atoms with Gasteiger partial charge in [0.2, 0.25) is 5.91 Å².